The number of aromatic nitrogens is 3. The SMILES string of the molecule is C[C@H]1C[C@H](n2ccc3c(NC(=O)c4ccccc4)nc(NC(=O)c4ccccc4)nc32)OC1(CO)CO. The van der Waals surface area contributed by atoms with Crippen LogP contribution in [0.15, 0.2) is 72.9 Å². The van der Waals surface area contributed by atoms with E-state index in [1.807, 2.05) is 19.1 Å². The summed E-state index contributed by atoms with van der Waals surface area (Å²) in [5.41, 5.74) is 0.223. The Balaban J connectivity index is 1.54. The van der Waals surface area contributed by atoms with E-state index in [2.05, 4.69) is 20.6 Å². The van der Waals surface area contributed by atoms with Gasteiger partial charge in [0.15, 0.2) is 0 Å². The van der Waals surface area contributed by atoms with Crippen LogP contribution in [0.2, 0.25) is 0 Å². The van der Waals surface area contributed by atoms with Crippen LogP contribution < -0.4 is 10.6 Å². The lowest BCUT2D eigenvalue weighted by Crippen LogP contribution is -2.42. The predicted molar refractivity (Wildman–Crippen MR) is 137 cm³/mol. The monoisotopic (exact) mass is 501 g/mol. The van der Waals surface area contributed by atoms with E-state index in [1.165, 1.54) is 0 Å². The highest BCUT2D eigenvalue weighted by atomic mass is 16.6. The standard InChI is InChI=1S/C27H27N5O5/c1-17-14-21(37-27(17,15-33)16-34)32-13-12-20-22(28-24(35)18-8-4-2-5-9-18)29-26(30-23(20)32)31-25(36)19-10-6-3-7-11-19/h2-13,17,21,33-34H,14-16H2,1H3,(H2,28,29,30,31,35,36)/t17-,21+/m0/s1. The molecule has 0 unspecified atom stereocenters. The van der Waals surface area contributed by atoms with Crippen LogP contribution in [0.5, 0.6) is 0 Å². The van der Waals surface area contributed by atoms with Crippen molar-refractivity contribution in [2.45, 2.75) is 25.2 Å². The summed E-state index contributed by atoms with van der Waals surface area (Å²) in [7, 11) is 0. The summed E-state index contributed by atoms with van der Waals surface area (Å²) < 4.78 is 7.88. The molecule has 10 nitrogen and oxygen atoms in total. The first-order valence-electron chi connectivity index (χ1n) is 11.9. The average molecular weight is 502 g/mol. The van der Waals surface area contributed by atoms with E-state index < -0.39 is 17.7 Å². The molecule has 1 saturated heterocycles. The zero-order valence-corrected chi connectivity index (χ0v) is 20.2. The van der Waals surface area contributed by atoms with E-state index in [4.69, 9.17) is 4.74 Å². The third-order valence-corrected chi connectivity index (χ3v) is 6.77. The van der Waals surface area contributed by atoms with Gasteiger partial charge in [0.1, 0.15) is 23.3 Å². The van der Waals surface area contributed by atoms with Crippen molar-refractivity contribution in [3.05, 3.63) is 84.1 Å². The van der Waals surface area contributed by atoms with Gasteiger partial charge in [0, 0.05) is 17.3 Å². The third-order valence-electron chi connectivity index (χ3n) is 6.77. The third kappa shape index (κ3) is 4.69. The molecule has 1 aliphatic heterocycles. The Morgan fingerprint density at radius 3 is 2.11 bits per heavy atom. The minimum absolute atomic E-state index is 0.00582. The Labute approximate surface area is 212 Å². The molecule has 2 aromatic heterocycles. The second kappa shape index (κ2) is 10.1. The lowest BCUT2D eigenvalue weighted by molar-refractivity contribution is -0.132. The maximum Gasteiger partial charge on any atom is 0.258 e. The zero-order valence-electron chi connectivity index (χ0n) is 20.2. The van der Waals surface area contributed by atoms with E-state index >= 15 is 0 Å². The molecular formula is C27H27N5O5. The van der Waals surface area contributed by atoms with Gasteiger partial charge in [-0.05, 0) is 42.7 Å². The first-order chi connectivity index (χ1) is 17.9. The Hall–Kier alpha value is -4.12. The molecule has 1 aliphatic rings. The minimum atomic E-state index is -1.08. The van der Waals surface area contributed by atoms with Crippen molar-refractivity contribution in [3.8, 4) is 0 Å². The Kier molecular flexibility index (Phi) is 6.70. The molecule has 0 saturated carbocycles. The van der Waals surface area contributed by atoms with Crippen LogP contribution in [-0.2, 0) is 4.74 Å². The van der Waals surface area contributed by atoms with Crippen LogP contribution in [0.4, 0.5) is 11.8 Å². The molecular weight excluding hydrogens is 474 g/mol. The van der Waals surface area contributed by atoms with Crippen LogP contribution in [0, 0.1) is 5.92 Å². The number of aliphatic hydroxyl groups is 2. The molecule has 0 aliphatic carbocycles. The zero-order chi connectivity index (χ0) is 26.0. The molecule has 4 aromatic rings. The van der Waals surface area contributed by atoms with Crippen molar-refractivity contribution in [2.24, 2.45) is 5.92 Å². The van der Waals surface area contributed by atoms with E-state index in [0.717, 1.165) is 0 Å². The maximum absolute atomic E-state index is 12.9. The topological polar surface area (TPSA) is 139 Å². The molecule has 1 fully saturated rings. The molecule has 0 bridgehead atoms. The largest absolute Gasteiger partial charge is 0.393 e. The molecule has 2 amide bonds. The number of benzene rings is 2. The normalized spacial score (nSPS) is 18.6. The van der Waals surface area contributed by atoms with Gasteiger partial charge >= 0.3 is 0 Å². The number of nitrogens with one attached hydrogen (secondary N) is 2. The lowest BCUT2D eigenvalue weighted by Gasteiger charge is -2.28. The number of hydrogen-bond donors (Lipinski definition) is 4. The smallest absolute Gasteiger partial charge is 0.258 e. The lowest BCUT2D eigenvalue weighted by atomic mass is 9.90. The molecule has 2 atom stereocenters. The number of fused-ring (bicyclic) bond motifs is 1. The number of anilines is 2. The summed E-state index contributed by atoms with van der Waals surface area (Å²) in [5.74, 6) is -0.655. The highest BCUT2D eigenvalue weighted by Crippen LogP contribution is 2.42. The predicted octanol–water partition coefficient (Wildman–Crippen LogP) is 3.21. The fraction of sp³-hybridized carbons (Fsp3) is 0.259. The average Bonchev–Trinajstić information content (AvgIpc) is 3.50. The van der Waals surface area contributed by atoms with E-state index in [9.17, 15) is 19.8 Å². The summed E-state index contributed by atoms with van der Waals surface area (Å²) in [5, 5.41) is 25.9. The molecule has 2 aromatic carbocycles. The van der Waals surface area contributed by atoms with Crippen molar-refractivity contribution < 1.29 is 24.5 Å². The van der Waals surface area contributed by atoms with Gasteiger partial charge in [-0.2, -0.15) is 9.97 Å². The number of carbonyl (C=O) groups is 2. The second-order valence-corrected chi connectivity index (χ2v) is 9.09. The summed E-state index contributed by atoms with van der Waals surface area (Å²) in [6.07, 6.45) is 1.74. The molecule has 190 valence electrons. The van der Waals surface area contributed by atoms with Gasteiger partial charge in [0.05, 0.1) is 18.6 Å². The maximum atomic E-state index is 12.9. The number of ether oxygens (including phenoxy) is 1. The molecule has 37 heavy (non-hydrogen) atoms. The molecule has 0 radical (unpaired) electrons. The van der Waals surface area contributed by atoms with Crippen LogP contribution in [0.25, 0.3) is 11.0 Å². The molecule has 5 rings (SSSR count). The van der Waals surface area contributed by atoms with Gasteiger partial charge < -0.3 is 24.8 Å². The number of nitrogens with zero attached hydrogens (tertiary/aromatic N) is 3. The van der Waals surface area contributed by atoms with Crippen LogP contribution in [0.1, 0.15) is 40.3 Å². The second-order valence-electron chi connectivity index (χ2n) is 9.09. The number of amides is 2. The van der Waals surface area contributed by atoms with Gasteiger partial charge in [0.25, 0.3) is 11.8 Å². The summed E-state index contributed by atoms with van der Waals surface area (Å²) in [6, 6.07) is 19.1. The van der Waals surface area contributed by atoms with Gasteiger partial charge in [0.2, 0.25) is 5.95 Å². The van der Waals surface area contributed by atoms with Crippen molar-refractivity contribution in [1.82, 2.24) is 14.5 Å². The quantitative estimate of drug-likeness (QED) is 0.305. The number of rotatable bonds is 7. The highest BCUT2D eigenvalue weighted by Gasteiger charge is 2.46. The van der Waals surface area contributed by atoms with Gasteiger partial charge in [-0.25, -0.2) is 0 Å². The van der Waals surface area contributed by atoms with Crippen LogP contribution in [0.3, 0.4) is 0 Å². The van der Waals surface area contributed by atoms with Crippen molar-refractivity contribution in [3.63, 3.8) is 0 Å². The first-order valence-corrected chi connectivity index (χ1v) is 11.9. The van der Waals surface area contributed by atoms with Gasteiger partial charge in [-0.1, -0.05) is 43.3 Å². The Bertz CT molecular complexity index is 1420. The summed E-state index contributed by atoms with van der Waals surface area (Å²) >= 11 is 0. The van der Waals surface area contributed by atoms with E-state index in [1.54, 1.807) is 65.4 Å². The fourth-order valence-corrected chi connectivity index (χ4v) is 4.51. The Morgan fingerprint density at radius 1 is 0.946 bits per heavy atom. The molecule has 4 N–H and O–H groups in total. The van der Waals surface area contributed by atoms with Gasteiger partial charge in [-0.3, -0.25) is 14.9 Å². The first kappa shape index (κ1) is 24.6. The van der Waals surface area contributed by atoms with Crippen LogP contribution in [-0.4, -0.2) is 55.4 Å². The van der Waals surface area contributed by atoms with Crippen LogP contribution >= 0.6 is 0 Å². The summed E-state index contributed by atoms with van der Waals surface area (Å²) in [6.45, 7) is 1.25. The van der Waals surface area contributed by atoms with Crippen molar-refractivity contribution >= 4 is 34.6 Å². The molecule has 10 heteroatoms. The highest BCUT2D eigenvalue weighted by molar-refractivity contribution is 6.08. The Morgan fingerprint density at radius 2 is 1.54 bits per heavy atom. The van der Waals surface area contributed by atoms with E-state index in [-0.39, 0.29) is 36.8 Å². The van der Waals surface area contributed by atoms with Crippen molar-refractivity contribution in [2.75, 3.05) is 23.8 Å². The molecule has 0 spiro atoms. The fourth-order valence-electron chi connectivity index (χ4n) is 4.51. The molecule has 3 heterocycles. The van der Waals surface area contributed by atoms with E-state index in [0.29, 0.717) is 28.6 Å². The number of hydrogen-bond acceptors (Lipinski definition) is 7. The number of aliphatic hydroxyl groups excluding tert-OH is 2. The number of carbonyl (C=O) groups excluding carboxylic acids is 2. The van der Waals surface area contributed by atoms with Crippen molar-refractivity contribution in [1.29, 1.82) is 0 Å². The summed E-state index contributed by atoms with van der Waals surface area (Å²) in [4.78, 5) is 34.8. The van der Waals surface area contributed by atoms with Gasteiger partial charge in [-0.15, -0.1) is 0 Å². The minimum Gasteiger partial charge on any atom is -0.393 e.